The second-order valence-corrected chi connectivity index (χ2v) is 3.06. The van der Waals surface area contributed by atoms with E-state index in [0.717, 1.165) is 0 Å². The number of hydrogen-bond acceptors (Lipinski definition) is 2. The molecule has 6 heteroatoms. The summed E-state index contributed by atoms with van der Waals surface area (Å²) >= 11 is 0. The number of amides is 1. The Bertz CT molecular complexity index is 248. The number of carbonyl (C=O) groups excluding carboxylic acids is 1. The molecule has 0 saturated heterocycles. The van der Waals surface area contributed by atoms with Crippen molar-refractivity contribution in [2.45, 2.75) is 32.5 Å². The summed E-state index contributed by atoms with van der Waals surface area (Å²) in [4.78, 5) is 11.1. The molecular weight excluding hydrogens is 211 g/mol. The largest absolute Gasteiger partial charge is 0.416 e. The molecule has 0 saturated carbocycles. The zero-order valence-electron chi connectivity index (χ0n) is 8.56. The van der Waals surface area contributed by atoms with Crippen LogP contribution in [0.4, 0.5) is 13.2 Å². The number of aliphatic hydroxyl groups excluding tert-OH is 1. The van der Waals surface area contributed by atoms with Crippen LogP contribution < -0.4 is 5.32 Å². The summed E-state index contributed by atoms with van der Waals surface area (Å²) in [5, 5.41) is 10.6. The molecular formula is C9H14F3NO2. The number of carbonyl (C=O) groups is 1. The van der Waals surface area contributed by atoms with Gasteiger partial charge in [0.05, 0.1) is 6.54 Å². The third-order valence-corrected chi connectivity index (χ3v) is 1.70. The summed E-state index contributed by atoms with van der Waals surface area (Å²) in [5.41, 5.74) is 0.340. The van der Waals surface area contributed by atoms with E-state index in [-0.39, 0.29) is 0 Å². The normalized spacial score (nSPS) is 14.9. The predicted molar refractivity (Wildman–Crippen MR) is 49.1 cm³/mol. The van der Waals surface area contributed by atoms with Crippen LogP contribution in [0.5, 0.6) is 0 Å². The Kier molecular flexibility index (Phi) is 5.35. The van der Waals surface area contributed by atoms with E-state index < -0.39 is 24.7 Å². The molecule has 2 N–H and O–H groups in total. The lowest BCUT2D eigenvalue weighted by Crippen LogP contribution is -2.40. The maximum absolute atomic E-state index is 11.8. The molecule has 0 aliphatic carbocycles. The molecule has 0 spiro atoms. The minimum atomic E-state index is -4.70. The van der Waals surface area contributed by atoms with Crippen LogP contribution in [-0.4, -0.2) is 29.8 Å². The van der Waals surface area contributed by atoms with E-state index in [2.05, 4.69) is 0 Å². The molecule has 3 nitrogen and oxygen atoms in total. The highest BCUT2D eigenvalue weighted by molar-refractivity contribution is 5.92. The van der Waals surface area contributed by atoms with E-state index in [4.69, 9.17) is 5.11 Å². The molecule has 0 aliphatic rings. The molecule has 0 heterocycles. The van der Waals surface area contributed by atoms with Crippen LogP contribution in [-0.2, 0) is 4.79 Å². The summed E-state index contributed by atoms with van der Waals surface area (Å²) in [7, 11) is 0. The lowest BCUT2D eigenvalue weighted by molar-refractivity contribution is -0.201. The fourth-order valence-electron chi connectivity index (χ4n) is 0.843. The maximum atomic E-state index is 11.8. The highest BCUT2D eigenvalue weighted by atomic mass is 19.4. The van der Waals surface area contributed by atoms with E-state index in [1.165, 1.54) is 6.92 Å². The lowest BCUT2D eigenvalue weighted by atomic mass is 10.2. The van der Waals surface area contributed by atoms with Crippen LogP contribution in [0.1, 0.15) is 20.3 Å². The lowest BCUT2D eigenvalue weighted by Gasteiger charge is -2.15. The molecule has 0 fully saturated rings. The second-order valence-electron chi connectivity index (χ2n) is 3.06. The minimum Gasteiger partial charge on any atom is -0.382 e. The van der Waals surface area contributed by atoms with Crippen LogP contribution >= 0.6 is 0 Å². The molecule has 0 aromatic rings. The van der Waals surface area contributed by atoms with Crippen LogP contribution in [0.25, 0.3) is 0 Å². The van der Waals surface area contributed by atoms with Crippen LogP contribution in [0.2, 0.25) is 0 Å². The Labute approximate surface area is 86.0 Å². The van der Waals surface area contributed by atoms with Crippen molar-refractivity contribution in [2.24, 2.45) is 0 Å². The standard InChI is InChI=1S/C9H14F3NO2/c1-3-4-6(2)8(15)13-5-7(14)9(10,11)12/h4,7,14H,3,5H2,1-2H3,(H,13,15)/b6-4-. The predicted octanol–water partition coefficient (Wildman–Crippen LogP) is 1.38. The average Bonchev–Trinajstić information content (AvgIpc) is 2.12. The van der Waals surface area contributed by atoms with Crippen molar-refractivity contribution in [3.8, 4) is 0 Å². The topological polar surface area (TPSA) is 49.3 Å². The van der Waals surface area contributed by atoms with Crippen LogP contribution in [0.3, 0.4) is 0 Å². The smallest absolute Gasteiger partial charge is 0.382 e. The molecule has 15 heavy (non-hydrogen) atoms. The molecule has 0 bridgehead atoms. The number of allylic oxidation sites excluding steroid dienone is 1. The summed E-state index contributed by atoms with van der Waals surface area (Å²) < 4.78 is 35.5. The quantitative estimate of drug-likeness (QED) is 0.710. The number of hydrogen-bond donors (Lipinski definition) is 2. The van der Waals surface area contributed by atoms with Gasteiger partial charge in [-0.1, -0.05) is 13.0 Å². The van der Waals surface area contributed by atoms with Gasteiger partial charge < -0.3 is 10.4 Å². The Morgan fingerprint density at radius 3 is 2.47 bits per heavy atom. The van der Waals surface area contributed by atoms with E-state index in [1.807, 2.05) is 5.32 Å². The molecule has 1 amide bonds. The molecule has 0 aliphatic heterocycles. The second kappa shape index (κ2) is 5.75. The number of rotatable bonds is 4. The van der Waals surface area contributed by atoms with Gasteiger partial charge in [-0.3, -0.25) is 4.79 Å². The molecule has 0 aromatic carbocycles. The van der Waals surface area contributed by atoms with Gasteiger partial charge in [-0.25, -0.2) is 0 Å². The molecule has 1 unspecified atom stereocenters. The van der Waals surface area contributed by atoms with Crippen molar-refractivity contribution < 1.29 is 23.1 Å². The summed E-state index contributed by atoms with van der Waals surface area (Å²) in [6, 6.07) is 0. The van der Waals surface area contributed by atoms with Gasteiger partial charge in [-0.2, -0.15) is 13.2 Å². The van der Waals surface area contributed by atoms with Gasteiger partial charge in [0.2, 0.25) is 5.91 Å². The Morgan fingerprint density at radius 1 is 1.53 bits per heavy atom. The molecule has 0 radical (unpaired) electrons. The van der Waals surface area contributed by atoms with Crippen LogP contribution in [0, 0.1) is 0 Å². The first kappa shape index (κ1) is 14.0. The fraction of sp³-hybridized carbons (Fsp3) is 0.667. The van der Waals surface area contributed by atoms with Crippen molar-refractivity contribution in [3.63, 3.8) is 0 Å². The van der Waals surface area contributed by atoms with E-state index in [1.54, 1.807) is 13.0 Å². The SMILES string of the molecule is CC/C=C(/C)C(=O)NCC(O)C(F)(F)F. The first-order valence-corrected chi connectivity index (χ1v) is 4.48. The first-order valence-electron chi connectivity index (χ1n) is 4.48. The van der Waals surface area contributed by atoms with Crippen molar-refractivity contribution in [3.05, 3.63) is 11.6 Å². The maximum Gasteiger partial charge on any atom is 0.416 e. The first-order chi connectivity index (χ1) is 6.79. The third kappa shape index (κ3) is 5.41. The Morgan fingerprint density at radius 2 is 2.07 bits per heavy atom. The molecule has 1 atom stereocenters. The monoisotopic (exact) mass is 225 g/mol. The molecule has 88 valence electrons. The minimum absolute atomic E-state index is 0.340. The van der Waals surface area contributed by atoms with Crippen molar-refractivity contribution in [2.75, 3.05) is 6.54 Å². The molecule has 0 aromatic heterocycles. The highest BCUT2D eigenvalue weighted by Gasteiger charge is 2.38. The third-order valence-electron chi connectivity index (χ3n) is 1.70. The van der Waals surface area contributed by atoms with Gasteiger partial charge in [-0.15, -0.1) is 0 Å². The Hall–Kier alpha value is -1.04. The van der Waals surface area contributed by atoms with E-state index in [9.17, 15) is 18.0 Å². The van der Waals surface area contributed by atoms with E-state index >= 15 is 0 Å². The van der Waals surface area contributed by atoms with Gasteiger partial charge >= 0.3 is 6.18 Å². The van der Waals surface area contributed by atoms with Crippen molar-refractivity contribution in [1.29, 1.82) is 0 Å². The zero-order valence-corrected chi connectivity index (χ0v) is 8.56. The Balaban J connectivity index is 4.07. The van der Waals surface area contributed by atoms with Gasteiger partial charge in [-0.05, 0) is 13.3 Å². The molecule has 0 rings (SSSR count). The van der Waals surface area contributed by atoms with Gasteiger partial charge in [0.15, 0.2) is 6.10 Å². The summed E-state index contributed by atoms with van der Waals surface area (Å²) in [6.07, 6.45) is -5.00. The number of aliphatic hydroxyl groups is 1. The van der Waals surface area contributed by atoms with Crippen molar-refractivity contribution in [1.82, 2.24) is 5.32 Å². The number of alkyl halides is 3. The van der Waals surface area contributed by atoms with Crippen molar-refractivity contribution >= 4 is 5.91 Å². The summed E-state index contributed by atoms with van der Waals surface area (Å²) in [5.74, 6) is -0.597. The summed E-state index contributed by atoms with van der Waals surface area (Å²) in [6.45, 7) is 2.48. The van der Waals surface area contributed by atoms with E-state index in [0.29, 0.717) is 12.0 Å². The zero-order chi connectivity index (χ0) is 12.1. The van der Waals surface area contributed by atoms with Crippen LogP contribution in [0.15, 0.2) is 11.6 Å². The van der Waals surface area contributed by atoms with Gasteiger partial charge in [0.25, 0.3) is 0 Å². The van der Waals surface area contributed by atoms with Gasteiger partial charge in [0.1, 0.15) is 0 Å². The number of nitrogens with one attached hydrogen (secondary N) is 1. The fourth-order valence-corrected chi connectivity index (χ4v) is 0.843. The highest BCUT2D eigenvalue weighted by Crippen LogP contribution is 2.19. The number of halogens is 3. The average molecular weight is 225 g/mol. The van der Waals surface area contributed by atoms with Gasteiger partial charge in [0, 0.05) is 5.57 Å².